The van der Waals surface area contributed by atoms with Crippen LogP contribution in [0.5, 0.6) is 0 Å². The number of rotatable bonds is 1. The number of hydrogen-bond donors (Lipinski definition) is 0. The van der Waals surface area contributed by atoms with E-state index in [0.29, 0.717) is 4.83 Å². The van der Waals surface area contributed by atoms with Gasteiger partial charge in [0.25, 0.3) is 5.91 Å². The highest BCUT2D eigenvalue weighted by Crippen LogP contribution is 2.29. The van der Waals surface area contributed by atoms with E-state index < -0.39 is 5.60 Å². The molecule has 1 amide bonds. The predicted molar refractivity (Wildman–Crippen MR) is 62.1 cm³/mol. The van der Waals surface area contributed by atoms with Gasteiger partial charge in [0, 0.05) is 24.5 Å². The molecule has 0 aliphatic carbocycles. The summed E-state index contributed by atoms with van der Waals surface area (Å²) in [5, 5.41) is 0. The number of halogens is 1. The van der Waals surface area contributed by atoms with Crippen molar-refractivity contribution in [3.63, 3.8) is 0 Å². The fraction of sp³-hybridized carbons (Fsp3) is 0.909. The Hall–Kier alpha value is -0.0900. The Morgan fingerprint density at radius 2 is 2.33 bits per heavy atom. The summed E-state index contributed by atoms with van der Waals surface area (Å²) in [4.78, 5) is 14.7. The highest BCUT2D eigenvalue weighted by atomic mass is 79.9. The van der Waals surface area contributed by atoms with Gasteiger partial charge in [0.15, 0.2) is 0 Å². The van der Waals surface area contributed by atoms with Crippen LogP contribution in [0.1, 0.15) is 32.6 Å². The van der Waals surface area contributed by atoms with Crippen molar-refractivity contribution in [3.8, 4) is 0 Å². The lowest BCUT2D eigenvalue weighted by atomic mass is 9.99. The van der Waals surface area contributed by atoms with Gasteiger partial charge in [0.2, 0.25) is 0 Å². The van der Waals surface area contributed by atoms with Crippen molar-refractivity contribution in [1.29, 1.82) is 0 Å². The molecule has 2 saturated heterocycles. The smallest absolute Gasteiger partial charge is 0.254 e. The summed E-state index contributed by atoms with van der Waals surface area (Å²) in [5.41, 5.74) is -0.538. The topological polar surface area (TPSA) is 29.5 Å². The van der Waals surface area contributed by atoms with Crippen molar-refractivity contribution in [2.24, 2.45) is 0 Å². The highest BCUT2D eigenvalue weighted by molar-refractivity contribution is 9.09. The number of piperidine rings is 1. The van der Waals surface area contributed by atoms with E-state index in [0.717, 1.165) is 39.0 Å². The van der Waals surface area contributed by atoms with Crippen LogP contribution in [0.15, 0.2) is 0 Å². The van der Waals surface area contributed by atoms with Crippen molar-refractivity contribution < 1.29 is 9.53 Å². The van der Waals surface area contributed by atoms with Crippen LogP contribution in [0.2, 0.25) is 0 Å². The minimum absolute atomic E-state index is 0.184. The molecule has 0 radical (unpaired) electrons. The van der Waals surface area contributed by atoms with E-state index in [2.05, 4.69) is 15.9 Å². The molecule has 2 fully saturated rings. The normalized spacial score (nSPS) is 36.9. The minimum atomic E-state index is -0.538. The number of hydrogen-bond acceptors (Lipinski definition) is 2. The third-order valence-electron chi connectivity index (χ3n) is 3.32. The fourth-order valence-corrected chi connectivity index (χ4v) is 3.07. The standard InChI is InChI=1S/C11H18BrNO2/c1-11(5-3-7-15-11)10(14)13-6-2-4-9(12)8-13/h9H,2-8H2,1H3. The summed E-state index contributed by atoms with van der Waals surface area (Å²) in [5.74, 6) is 0.184. The van der Waals surface area contributed by atoms with E-state index in [1.807, 2.05) is 11.8 Å². The third-order valence-corrected chi connectivity index (χ3v) is 4.07. The Morgan fingerprint density at radius 1 is 1.53 bits per heavy atom. The largest absolute Gasteiger partial charge is 0.365 e. The predicted octanol–water partition coefficient (Wildman–Crippen LogP) is 1.94. The third kappa shape index (κ3) is 2.36. The molecule has 0 N–H and O–H groups in total. The molecule has 15 heavy (non-hydrogen) atoms. The number of alkyl halides is 1. The lowest BCUT2D eigenvalue weighted by molar-refractivity contribution is -0.151. The van der Waals surface area contributed by atoms with Gasteiger partial charge in [-0.3, -0.25) is 4.79 Å². The summed E-state index contributed by atoms with van der Waals surface area (Å²) in [6, 6.07) is 0. The molecule has 2 heterocycles. The zero-order chi connectivity index (χ0) is 10.9. The number of carbonyl (C=O) groups excluding carboxylic acids is 1. The Balaban J connectivity index is 2.00. The number of likely N-dealkylation sites (tertiary alicyclic amines) is 1. The Bertz CT molecular complexity index is 251. The minimum Gasteiger partial charge on any atom is -0.365 e. The molecule has 0 spiro atoms. The van der Waals surface area contributed by atoms with Crippen molar-refractivity contribution in [2.45, 2.75) is 43.0 Å². The van der Waals surface area contributed by atoms with Gasteiger partial charge in [-0.15, -0.1) is 0 Å². The molecule has 2 aliphatic heterocycles. The van der Waals surface area contributed by atoms with Gasteiger partial charge >= 0.3 is 0 Å². The maximum absolute atomic E-state index is 12.2. The molecule has 2 atom stereocenters. The first kappa shape index (κ1) is 11.4. The Labute approximate surface area is 99.3 Å². The second kappa shape index (κ2) is 4.42. The van der Waals surface area contributed by atoms with Gasteiger partial charge in [-0.2, -0.15) is 0 Å². The first-order chi connectivity index (χ1) is 7.12. The van der Waals surface area contributed by atoms with E-state index in [9.17, 15) is 4.79 Å². The quantitative estimate of drug-likeness (QED) is 0.685. The van der Waals surface area contributed by atoms with Crippen molar-refractivity contribution in [3.05, 3.63) is 0 Å². The SMILES string of the molecule is CC1(C(=O)N2CCCC(Br)C2)CCCO1. The lowest BCUT2D eigenvalue weighted by Crippen LogP contribution is -2.50. The summed E-state index contributed by atoms with van der Waals surface area (Å²) < 4.78 is 5.58. The maximum atomic E-state index is 12.2. The van der Waals surface area contributed by atoms with Crippen molar-refractivity contribution >= 4 is 21.8 Å². The average molecular weight is 276 g/mol. The fourth-order valence-electron chi connectivity index (χ4n) is 2.39. The van der Waals surface area contributed by atoms with Crippen LogP contribution in [-0.4, -0.2) is 40.9 Å². The van der Waals surface area contributed by atoms with Crippen LogP contribution in [0.4, 0.5) is 0 Å². The highest BCUT2D eigenvalue weighted by Gasteiger charge is 2.41. The average Bonchev–Trinajstić information content (AvgIpc) is 2.65. The van der Waals surface area contributed by atoms with E-state index in [1.54, 1.807) is 0 Å². The van der Waals surface area contributed by atoms with Crippen LogP contribution in [0, 0.1) is 0 Å². The first-order valence-electron chi connectivity index (χ1n) is 5.69. The summed E-state index contributed by atoms with van der Waals surface area (Å²) >= 11 is 3.59. The molecule has 86 valence electrons. The number of carbonyl (C=O) groups is 1. The van der Waals surface area contributed by atoms with E-state index in [4.69, 9.17) is 4.74 Å². The van der Waals surface area contributed by atoms with Gasteiger partial charge < -0.3 is 9.64 Å². The van der Waals surface area contributed by atoms with Crippen LogP contribution in [0.25, 0.3) is 0 Å². The molecule has 2 aliphatic rings. The summed E-state index contributed by atoms with van der Waals surface area (Å²) in [7, 11) is 0. The molecule has 2 rings (SSSR count). The van der Waals surface area contributed by atoms with E-state index in [1.165, 1.54) is 6.42 Å². The zero-order valence-corrected chi connectivity index (χ0v) is 10.8. The molecular weight excluding hydrogens is 258 g/mol. The number of ether oxygens (including phenoxy) is 1. The van der Waals surface area contributed by atoms with Gasteiger partial charge in [-0.1, -0.05) is 15.9 Å². The van der Waals surface area contributed by atoms with Crippen LogP contribution in [0.3, 0.4) is 0 Å². The second-order valence-corrected chi connectivity index (χ2v) is 5.97. The molecule has 0 aromatic carbocycles. The van der Waals surface area contributed by atoms with Gasteiger partial charge in [0.05, 0.1) is 0 Å². The van der Waals surface area contributed by atoms with E-state index >= 15 is 0 Å². The van der Waals surface area contributed by atoms with Crippen LogP contribution >= 0.6 is 15.9 Å². The summed E-state index contributed by atoms with van der Waals surface area (Å²) in [6.45, 7) is 4.38. The maximum Gasteiger partial charge on any atom is 0.254 e. The molecule has 0 aromatic rings. The van der Waals surface area contributed by atoms with Gasteiger partial charge in [-0.05, 0) is 32.6 Å². The second-order valence-electron chi connectivity index (χ2n) is 4.67. The molecular formula is C11H18BrNO2. The Morgan fingerprint density at radius 3 is 2.93 bits per heavy atom. The lowest BCUT2D eigenvalue weighted by Gasteiger charge is -2.35. The first-order valence-corrected chi connectivity index (χ1v) is 6.61. The monoisotopic (exact) mass is 275 g/mol. The Kier molecular flexibility index (Phi) is 3.36. The number of nitrogens with zero attached hydrogens (tertiary/aromatic N) is 1. The zero-order valence-electron chi connectivity index (χ0n) is 9.17. The molecule has 3 nitrogen and oxygen atoms in total. The molecule has 2 unspecified atom stereocenters. The summed E-state index contributed by atoms with van der Waals surface area (Å²) in [6.07, 6.45) is 4.14. The van der Waals surface area contributed by atoms with Crippen LogP contribution < -0.4 is 0 Å². The van der Waals surface area contributed by atoms with E-state index in [-0.39, 0.29) is 5.91 Å². The number of amides is 1. The van der Waals surface area contributed by atoms with Gasteiger partial charge in [-0.25, -0.2) is 0 Å². The molecule has 0 bridgehead atoms. The molecule has 0 aromatic heterocycles. The van der Waals surface area contributed by atoms with Crippen LogP contribution in [-0.2, 0) is 9.53 Å². The van der Waals surface area contributed by atoms with Crippen molar-refractivity contribution in [2.75, 3.05) is 19.7 Å². The van der Waals surface area contributed by atoms with Gasteiger partial charge in [0.1, 0.15) is 5.60 Å². The molecule has 0 saturated carbocycles. The molecule has 4 heteroatoms. The van der Waals surface area contributed by atoms with Crippen molar-refractivity contribution in [1.82, 2.24) is 4.90 Å².